The third kappa shape index (κ3) is 3.84. The van der Waals surface area contributed by atoms with Crippen LogP contribution in [0, 0.1) is 6.92 Å². The molecule has 2 aromatic rings. The van der Waals surface area contributed by atoms with Crippen LogP contribution in [0.15, 0.2) is 35.7 Å². The maximum Gasteiger partial charge on any atom is 0.261 e. The van der Waals surface area contributed by atoms with Gasteiger partial charge in [-0.2, -0.15) is 0 Å². The first-order valence-corrected chi connectivity index (χ1v) is 7.99. The van der Waals surface area contributed by atoms with E-state index in [1.54, 1.807) is 0 Å². The molecule has 0 spiro atoms. The van der Waals surface area contributed by atoms with Crippen molar-refractivity contribution in [1.29, 1.82) is 0 Å². The maximum absolute atomic E-state index is 12.2. The third-order valence-electron chi connectivity index (χ3n) is 3.41. The van der Waals surface area contributed by atoms with Gasteiger partial charge in [0.25, 0.3) is 5.91 Å². The van der Waals surface area contributed by atoms with E-state index in [4.69, 9.17) is 11.6 Å². The summed E-state index contributed by atoms with van der Waals surface area (Å²) in [6, 6.07) is 9.74. The van der Waals surface area contributed by atoms with E-state index in [0.29, 0.717) is 6.54 Å². The molecule has 112 valence electrons. The van der Waals surface area contributed by atoms with E-state index >= 15 is 0 Å². The van der Waals surface area contributed by atoms with Crippen LogP contribution in [0.5, 0.6) is 0 Å². The van der Waals surface area contributed by atoms with Crippen molar-refractivity contribution in [1.82, 2.24) is 10.2 Å². The van der Waals surface area contributed by atoms with Gasteiger partial charge < -0.3 is 10.2 Å². The highest BCUT2D eigenvalue weighted by atomic mass is 35.5. The van der Waals surface area contributed by atoms with Crippen molar-refractivity contribution in [3.8, 4) is 0 Å². The quantitative estimate of drug-likeness (QED) is 0.909. The molecule has 0 radical (unpaired) electrons. The van der Waals surface area contributed by atoms with Gasteiger partial charge in [0.05, 0.1) is 10.9 Å². The van der Waals surface area contributed by atoms with E-state index < -0.39 is 0 Å². The van der Waals surface area contributed by atoms with Crippen molar-refractivity contribution in [2.24, 2.45) is 0 Å². The Labute approximate surface area is 134 Å². The number of nitrogens with zero attached hydrogens (tertiary/aromatic N) is 1. The largest absolute Gasteiger partial charge is 0.349 e. The number of halogens is 1. The minimum atomic E-state index is -0.0265. The van der Waals surface area contributed by atoms with E-state index in [0.717, 1.165) is 21.0 Å². The molecule has 1 amide bonds. The Morgan fingerprint density at radius 3 is 2.62 bits per heavy atom. The lowest BCUT2D eigenvalue weighted by Gasteiger charge is -2.26. The Balaban J connectivity index is 2.10. The summed E-state index contributed by atoms with van der Waals surface area (Å²) in [6.45, 7) is 2.47. The predicted molar refractivity (Wildman–Crippen MR) is 89.3 cm³/mol. The summed E-state index contributed by atoms with van der Waals surface area (Å²) in [4.78, 5) is 15.0. The lowest BCUT2D eigenvalue weighted by molar-refractivity contribution is 0.0945. The van der Waals surface area contributed by atoms with Crippen molar-refractivity contribution in [3.63, 3.8) is 0 Å². The van der Waals surface area contributed by atoms with Gasteiger partial charge in [-0.25, -0.2) is 0 Å². The maximum atomic E-state index is 12.2. The number of likely N-dealkylation sites (N-methyl/N-ethyl adjacent to an activating group) is 1. The lowest BCUT2D eigenvalue weighted by atomic mass is 10.1. The molecule has 2 rings (SSSR count). The monoisotopic (exact) mass is 322 g/mol. The summed E-state index contributed by atoms with van der Waals surface area (Å²) < 4.78 is 0. The van der Waals surface area contributed by atoms with Crippen molar-refractivity contribution in [2.75, 3.05) is 20.6 Å². The van der Waals surface area contributed by atoms with Gasteiger partial charge in [0.1, 0.15) is 0 Å². The SMILES string of the molecule is Cc1ccsc1C(=O)NCC(c1ccccc1Cl)N(C)C. The molecule has 0 aliphatic carbocycles. The molecule has 0 aliphatic rings. The fraction of sp³-hybridized carbons (Fsp3) is 0.312. The van der Waals surface area contributed by atoms with E-state index in [1.807, 2.05) is 56.7 Å². The number of rotatable bonds is 5. The molecule has 0 fully saturated rings. The highest BCUT2D eigenvalue weighted by Gasteiger charge is 2.19. The van der Waals surface area contributed by atoms with Crippen molar-refractivity contribution in [2.45, 2.75) is 13.0 Å². The van der Waals surface area contributed by atoms with Crippen molar-refractivity contribution < 1.29 is 4.79 Å². The zero-order valence-corrected chi connectivity index (χ0v) is 14.0. The smallest absolute Gasteiger partial charge is 0.261 e. The van der Waals surface area contributed by atoms with Gasteiger partial charge in [-0.15, -0.1) is 11.3 Å². The Morgan fingerprint density at radius 2 is 2.05 bits per heavy atom. The van der Waals surface area contributed by atoms with Gasteiger partial charge in [0.2, 0.25) is 0 Å². The van der Waals surface area contributed by atoms with Gasteiger partial charge in [-0.05, 0) is 49.7 Å². The molecule has 0 bridgehead atoms. The van der Waals surface area contributed by atoms with Gasteiger partial charge in [-0.1, -0.05) is 29.8 Å². The highest BCUT2D eigenvalue weighted by Crippen LogP contribution is 2.25. The Bertz CT molecular complexity index is 624. The molecule has 1 unspecified atom stereocenters. The van der Waals surface area contributed by atoms with Gasteiger partial charge in [0.15, 0.2) is 0 Å². The number of amides is 1. The van der Waals surface area contributed by atoms with Crippen molar-refractivity contribution >= 4 is 28.8 Å². The first kappa shape index (κ1) is 16.0. The number of hydrogen-bond acceptors (Lipinski definition) is 3. The molecule has 1 aromatic heterocycles. The van der Waals surface area contributed by atoms with Crippen LogP contribution in [-0.4, -0.2) is 31.4 Å². The predicted octanol–water partition coefficient (Wildman–Crippen LogP) is 3.74. The average Bonchev–Trinajstić information content (AvgIpc) is 2.86. The number of benzene rings is 1. The third-order valence-corrected chi connectivity index (χ3v) is 4.77. The number of carbonyl (C=O) groups excluding carboxylic acids is 1. The summed E-state index contributed by atoms with van der Waals surface area (Å²) in [5, 5.41) is 5.66. The standard InChI is InChI=1S/C16H19ClN2OS/c1-11-8-9-21-15(11)16(20)18-10-14(19(2)3)12-6-4-5-7-13(12)17/h4-9,14H,10H2,1-3H3,(H,18,20). The van der Waals surface area contributed by atoms with E-state index in [1.165, 1.54) is 11.3 Å². The van der Waals surface area contributed by atoms with Crippen LogP contribution in [0.4, 0.5) is 0 Å². The fourth-order valence-corrected chi connectivity index (χ4v) is 3.29. The van der Waals surface area contributed by atoms with Crippen LogP contribution in [0.25, 0.3) is 0 Å². The van der Waals surface area contributed by atoms with E-state index in [-0.39, 0.29) is 11.9 Å². The molecule has 0 saturated heterocycles. The lowest BCUT2D eigenvalue weighted by Crippen LogP contribution is -2.34. The average molecular weight is 323 g/mol. The minimum Gasteiger partial charge on any atom is -0.349 e. The van der Waals surface area contributed by atoms with Gasteiger partial charge >= 0.3 is 0 Å². The van der Waals surface area contributed by atoms with Gasteiger partial charge in [0, 0.05) is 11.6 Å². The molecule has 0 saturated carbocycles. The Hall–Kier alpha value is -1.36. The number of aryl methyl sites for hydroxylation is 1. The number of hydrogen-bond donors (Lipinski definition) is 1. The van der Waals surface area contributed by atoms with Crippen LogP contribution in [0.3, 0.4) is 0 Å². The first-order valence-electron chi connectivity index (χ1n) is 6.74. The second kappa shape index (κ2) is 7.07. The molecular weight excluding hydrogens is 304 g/mol. The second-order valence-corrected chi connectivity index (χ2v) is 6.47. The summed E-state index contributed by atoms with van der Waals surface area (Å²) in [5.74, 6) is -0.0265. The second-order valence-electron chi connectivity index (χ2n) is 5.14. The minimum absolute atomic E-state index is 0.0265. The van der Waals surface area contributed by atoms with Crippen LogP contribution in [0.1, 0.15) is 26.8 Å². The molecular formula is C16H19ClN2OS. The first-order chi connectivity index (χ1) is 10.0. The van der Waals surface area contributed by atoms with Crippen LogP contribution >= 0.6 is 22.9 Å². The molecule has 3 nitrogen and oxygen atoms in total. The molecule has 21 heavy (non-hydrogen) atoms. The van der Waals surface area contributed by atoms with Crippen LogP contribution < -0.4 is 5.32 Å². The normalized spacial score (nSPS) is 12.4. The zero-order chi connectivity index (χ0) is 15.4. The Kier molecular flexibility index (Phi) is 5.39. The molecule has 1 atom stereocenters. The summed E-state index contributed by atoms with van der Waals surface area (Å²) in [5.41, 5.74) is 2.03. The molecule has 1 N–H and O–H groups in total. The van der Waals surface area contributed by atoms with E-state index in [9.17, 15) is 4.79 Å². The number of thiophene rings is 1. The molecule has 1 heterocycles. The van der Waals surface area contributed by atoms with E-state index in [2.05, 4.69) is 10.2 Å². The summed E-state index contributed by atoms with van der Waals surface area (Å²) in [7, 11) is 3.97. The summed E-state index contributed by atoms with van der Waals surface area (Å²) >= 11 is 7.73. The topological polar surface area (TPSA) is 32.3 Å². The molecule has 0 aliphatic heterocycles. The highest BCUT2D eigenvalue weighted by molar-refractivity contribution is 7.12. The van der Waals surface area contributed by atoms with Crippen LogP contribution in [-0.2, 0) is 0 Å². The number of nitrogens with one attached hydrogen (secondary N) is 1. The number of carbonyl (C=O) groups is 1. The Morgan fingerprint density at radius 1 is 1.33 bits per heavy atom. The molecule has 5 heteroatoms. The van der Waals surface area contributed by atoms with Crippen molar-refractivity contribution in [3.05, 3.63) is 56.7 Å². The fourth-order valence-electron chi connectivity index (χ4n) is 2.19. The molecule has 1 aromatic carbocycles. The van der Waals surface area contributed by atoms with Crippen LogP contribution in [0.2, 0.25) is 5.02 Å². The summed E-state index contributed by atoms with van der Waals surface area (Å²) in [6.07, 6.45) is 0. The zero-order valence-electron chi connectivity index (χ0n) is 12.4. The van der Waals surface area contributed by atoms with Gasteiger partial charge in [-0.3, -0.25) is 4.79 Å².